The lowest BCUT2D eigenvalue weighted by molar-refractivity contribution is -0.132. The van der Waals surface area contributed by atoms with Gasteiger partial charge in [-0.1, -0.05) is 37.3 Å². The van der Waals surface area contributed by atoms with Gasteiger partial charge in [-0.2, -0.15) is 4.98 Å². The van der Waals surface area contributed by atoms with Gasteiger partial charge in [-0.15, -0.1) is 0 Å². The minimum atomic E-state index is -0.248. The molecule has 3 rings (SSSR count). The van der Waals surface area contributed by atoms with Crippen molar-refractivity contribution in [1.82, 2.24) is 20.1 Å². The number of amides is 2. The second-order valence-corrected chi connectivity index (χ2v) is 10.4. The first-order valence-electron chi connectivity index (χ1n) is 13.1. The van der Waals surface area contributed by atoms with Gasteiger partial charge in [0, 0.05) is 26.1 Å². The molecule has 0 spiro atoms. The van der Waals surface area contributed by atoms with E-state index >= 15 is 0 Å². The fourth-order valence-electron chi connectivity index (χ4n) is 5.19. The Kier molecular flexibility index (Phi) is 10.9. The molecule has 196 valence electrons. The number of nitrogen functional groups attached to an aromatic ring is 1. The second kappa shape index (κ2) is 13.9. The molecular weight excluding hydrogens is 466 g/mol. The summed E-state index contributed by atoms with van der Waals surface area (Å²) in [6, 6.07) is 1.97. The number of rotatable bonds is 11. The Morgan fingerprint density at radius 2 is 1.89 bits per heavy atom. The number of hydrogen-bond donors (Lipinski definition) is 2. The Bertz CT molecular complexity index is 839. The van der Waals surface area contributed by atoms with Crippen molar-refractivity contribution in [2.75, 3.05) is 46.1 Å². The lowest BCUT2D eigenvalue weighted by Crippen LogP contribution is -2.39. The first-order valence-corrected chi connectivity index (χ1v) is 13.5. The zero-order valence-electron chi connectivity index (χ0n) is 21.4. The van der Waals surface area contributed by atoms with Crippen LogP contribution in [0.4, 0.5) is 5.82 Å². The molecule has 2 heterocycles. The maximum Gasteiger partial charge on any atom is 0.256 e. The van der Waals surface area contributed by atoms with E-state index in [1.54, 1.807) is 0 Å². The van der Waals surface area contributed by atoms with Gasteiger partial charge < -0.3 is 25.6 Å². The number of likely N-dealkylation sites (tertiary alicyclic amines) is 1. The van der Waals surface area contributed by atoms with Crippen LogP contribution >= 0.6 is 11.6 Å². The maximum atomic E-state index is 12.6. The lowest BCUT2D eigenvalue weighted by atomic mass is 9.94. The number of aromatic nitrogens is 1. The Morgan fingerprint density at radius 3 is 2.57 bits per heavy atom. The predicted molar refractivity (Wildman–Crippen MR) is 140 cm³/mol. The molecule has 1 saturated heterocycles. The van der Waals surface area contributed by atoms with Crippen LogP contribution in [0.2, 0.25) is 5.02 Å². The molecule has 1 aromatic heterocycles. The van der Waals surface area contributed by atoms with Crippen molar-refractivity contribution in [3.8, 4) is 5.88 Å². The van der Waals surface area contributed by atoms with Gasteiger partial charge in [0.25, 0.3) is 5.91 Å². The van der Waals surface area contributed by atoms with Gasteiger partial charge in [-0.3, -0.25) is 9.59 Å². The smallest absolute Gasteiger partial charge is 0.256 e. The molecule has 1 aliphatic heterocycles. The van der Waals surface area contributed by atoms with E-state index in [9.17, 15) is 9.59 Å². The molecule has 9 heteroatoms. The maximum absolute atomic E-state index is 12.6. The van der Waals surface area contributed by atoms with E-state index in [1.165, 1.54) is 45.3 Å². The minimum Gasteiger partial charge on any atom is -0.480 e. The first-order chi connectivity index (χ1) is 16.9. The van der Waals surface area contributed by atoms with Crippen molar-refractivity contribution >= 4 is 29.2 Å². The summed E-state index contributed by atoms with van der Waals surface area (Å²) in [5.74, 6) is 0.843. The molecule has 0 bridgehead atoms. The van der Waals surface area contributed by atoms with Crippen LogP contribution in [0, 0.1) is 5.92 Å². The van der Waals surface area contributed by atoms with Crippen LogP contribution in [0.5, 0.6) is 5.88 Å². The zero-order chi connectivity index (χ0) is 25.2. The molecule has 1 saturated carbocycles. The lowest BCUT2D eigenvalue weighted by Gasteiger charge is -2.32. The van der Waals surface area contributed by atoms with Crippen LogP contribution in [0.15, 0.2) is 6.07 Å². The third kappa shape index (κ3) is 8.24. The molecule has 35 heavy (non-hydrogen) atoms. The molecule has 2 amide bonds. The number of nitrogens with two attached hydrogens (primary N) is 1. The number of carbonyl (C=O) groups excluding carboxylic acids is 2. The fraction of sp³-hybridized carbons (Fsp3) is 0.731. The highest BCUT2D eigenvalue weighted by Crippen LogP contribution is 2.25. The summed E-state index contributed by atoms with van der Waals surface area (Å²) in [5.41, 5.74) is 6.00. The van der Waals surface area contributed by atoms with Crippen LogP contribution in [0.3, 0.4) is 0 Å². The summed E-state index contributed by atoms with van der Waals surface area (Å²) in [7, 11) is 3.44. The van der Waals surface area contributed by atoms with Crippen molar-refractivity contribution in [2.45, 2.75) is 76.7 Å². The summed E-state index contributed by atoms with van der Waals surface area (Å²) in [4.78, 5) is 33.6. The van der Waals surface area contributed by atoms with Gasteiger partial charge in [-0.25, -0.2) is 0 Å². The molecule has 0 radical (unpaired) electrons. The highest BCUT2D eigenvalue weighted by molar-refractivity contribution is 6.33. The monoisotopic (exact) mass is 507 g/mol. The van der Waals surface area contributed by atoms with Gasteiger partial charge >= 0.3 is 0 Å². The topological polar surface area (TPSA) is 101 Å². The van der Waals surface area contributed by atoms with Crippen molar-refractivity contribution in [3.05, 3.63) is 16.7 Å². The summed E-state index contributed by atoms with van der Waals surface area (Å²) in [5, 5.41) is 3.24. The van der Waals surface area contributed by atoms with E-state index in [1.807, 2.05) is 11.9 Å². The molecule has 2 aliphatic rings. The SMILES string of the molecule is COc1nc(N)c(Cl)cc1C(=O)NCC1CCN(CCCCCC(=O)N(C)C2CCCCC2)CC1. The number of unbranched alkanes of at least 4 members (excludes halogenated alkanes) is 2. The third-order valence-corrected chi connectivity index (χ3v) is 7.85. The zero-order valence-corrected chi connectivity index (χ0v) is 22.1. The minimum absolute atomic E-state index is 0.144. The number of methoxy groups -OCH3 is 1. The Labute approximate surface area is 214 Å². The summed E-state index contributed by atoms with van der Waals surface area (Å²) in [6.07, 6.45) is 12.2. The number of hydrogen-bond acceptors (Lipinski definition) is 6. The van der Waals surface area contributed by atoms with Crippen molar-refractivity contribution in [1.29, 1.82) is 0 Å². The molecule has 3 N–H and O–H groups in total. The Hall–Kier alpha value is -2.06. The Balaban J connectivity index is 1.27. The van der Waals surface area contributed by atoms with Gasteiger partial charge in [0.15, 0.2) is 0 Å². The highest BCUT2D eigenvalue weighted by atomic mass is 35.5. The van der Waals surface area contributed by atoms with Crippen molar-refractivity contribution in [3.63, 3.8) is 0 Å². The third-order valence-electron chi connectivity index (χ3n) is 7.55. The molecule has 1 aliphatic carbocycles. The van der Waals surface area contributed by atoms with E-state index in [-0.39, 0.29) is 22.6 Å². The van der Waals surface area contributed by atoms with Gasteiger partial charge in [0.2, 0.25) is 11.8 Å². The van der Waals surface area contributed by atoms with Crippen LogP contribution < -0.4 is 15.8 Å². The average molecular weight is 508 g/mol. The van der Waals surface area contributed by atoms with E-state index in [2.05, 4.69) is 15.2 Å². The molecule has 0 unspecified atom stereocenters. The number of nitrogens with one attached hydrogen (secondary N) is 1. The first kappa shape index (κ1) is 27.5. The molecular formula is C26H42ClN5O3. The van der Waals surface area contributed by atoms with E-state index in [4.69, 9.17) is 22.1 Å². The highest BCUT2D eigenvalue weighted by Gasteiger charge is 2.23. The van der Waals surface area contributed by atoms with Gasteiger partial charge in [-0.05, 0) is 70.1 Å². The number of nitrogens with zero attached hydrogens (tertiary/aromatic N) is 3. The molecule has 0 atom stereocenters. The summed E-state index contributed by atoms with van der Waals surface area (Å²) in [6.45, 7) is 3.79. The normalized spacial score (nSPS) is 17.8. The average Bonchev–Trinajstić information content (AvgIpc) is 2.89. The Morgan fingerprint density at radius 1 is 1.17 bits per heavy atom. The van der Waals surface area contributed by atoms with Crippen LogP contribution in [-0.2, 0) is 4.79 Å². The largest absolute Gasteiger partial charge is 0.480 e. The summed E-state index contributed by atoms with van der Waals surface area (Å²) >= 11 is 6.03. The predicted octanol–water partition coefficient (Wildman–Crippen LogP) is 4.12. The van der Waals surface area contributed by atoms with Crippen molar-refractivity contribution < 1.29 is 14.3 Å². The van der Waals surface area contributed by atoms with Gasteiger partial charge in [0.1, 0.15) is 11.4 Å². The van der Waals surface area contributed by atoms with Crippen LogP contribution in [0.1, 0.15) is 81.0 Å². The van der Waals surface area contributed by atoms with Crippen LogP contribution in [0.25, 0.3) is 0 Å². The molecule has 8 nitrogen and oxygen atoms in total. The fourth-order valence-corrected chi connectivity index (χ4v) is 5.34. The summed E-state index contributed by atoms with van der Waals surface area (Å²) < 4.78 is 5.18. The standard InChI is InChI=1S/C26H42ClN5O3/c1-31(20-9-5-3-6-10-20)23(33)11-7-4-8-14-32-15-12-19(13-16-32)18-29-25(34)21-17-22(27)24(28)30-26(21)35-2/h17,19-20H,3-16,18H2,1-2H3,(H2,28,30)(H,29,34). The molecule has 1 aromatic rings. The second-order valence-electron chi connectivity index (χ2n) is 10.0. The number of ether oxygens (including phenoxy) is 1. The molecule has 2 fully saturated rings. The number of carbonyl (C=O) groups is 2. The number of piperidine rings is 1. The van der Waals surface area contributed by atoms with Crippen molar-refractivity contribution in [2.24, 2.45) is 5.92 Å². The number of halogens is 1. The van der Waals surface area contributed by atoms with Gasteiger partial charge in [0.05, 0.1) is 12.1 Å². The van der Waals surface area contributed by atoms with E-state index in [0.717, 1.165) is 51.7 Å². The van der Waals surface area contributed by atoms with E-state index < -0.39 is 0 Å². The van der Waals surface area contributed by atoms with E-state index in [0.29, 0.717) is 36.4 Å². The number of anilines is 1. The van der Waals surface area contributed by atoms with Crippen LogP contribution in [-0.4, -0.2) is 73.0 Å². The molecule has 0 aromatic carbocycles. The number of pyridine rings is 1. The quantitative estimate of drug-likeness (QED) is 0.437.